The van der Waals surface area contributed by atoms with Gasteiger partial charge >= 0.3 is 0 Å². The van der Waals surface area contributed by atoms with Crippen molar-refractivity contribution >= 4 is 34.1 Å². The SMILES string of the molecule is CC(C)Nc1nc(-c2cccs2)c2c(N)n(Cc3ccccc3)nc2n1. The fraction of sp³-hybridized carbons (Fsp3) is 0.211. The minimum absolute atomic E-state index is 0.229. The van der Waals surface area contributed by atoms with Crippen molar-refractivity contribution in [3.8, 4) is 10.6 Å². The molecule has 7 heteroatoms. The number of hydrogen-bond acceptors (Lipinski definition) is 6. The van der Waals surface area contributed by atoms with E-state index in [4.69, 9.17) is 10.7 Å². The Morgan fingerprint density at radius 2 is 1.92 bits per heavy atom. The summed E-state index contributed by atoms with van der Waals surface area (Å²) in [5, 5.41) is 10.8. The van der Waals surface area contributed by atoms with Gasteiger partial charge in [-0.3, -0.25) is 0 Å². The van der Waals surface area contributed by atoms with Gasteiger partial charge in [0.1, 0.15) is 5.82 Å². The molecule has 132 valence electrons. The molecule has 0 saturated heterocycles. The molecule has 1 aromatic carbocycles. The highest BCUT2D eigenvalue weighted by Gasteiger charge is 2.19. The van der Waals surface area contributed by atoms with E-state index in [1.54, 1.807) is 16.0 Å². The smallest absolute Gasteiger partial charge is 0.225 e. The van der Waals surface area contributed by atoms with Gasteiger partial charge in [-0.05, 0) is 30.9 Å². The van der Waals surface area contributed by atoms with E-state index in [0.29, 0.717) is 24.0 Å². The zero-order valence-corrected chi connectivity index (χ0v) is 15.5. The fourth-order valence-corrected chi connectivity index (χ4v) is 3.57. The Morgan fingerprint density at radius 1 is 1.12 bits per heavy atom. The molecule has 3 aromatic heterocycles. The van der Waals surface area contributed by atoms with Crippen LogP contribution < -0.4 is 11.1 Å². The summed E-state index contributed by atoms with van der Waals surface area (Å²) in [6.45, 7) is 4.71. The Labute approximate surface area is 155 Å². The van der Waals surface area contributed by atoms with Gasteiger partial charge in [-0.15, -0.1) is 16.4 Å². The lowest BCUT2D eigenvalue weighted by Gasteiger charge is -2.09. The molecule has 0 amide bonds. The number of nitrogens with two attached hydrogens (primary N) is 1. The van der Waals surface area contributed by atoms with Crippen molar-refractivity contribution in [2.24, 2.45) is 0 Å². The lowest BCUT2D eigenvalue weighted by Crippen LogP contribution is -2.12. The second-order valence-corrected chi connectivity index (χ2v) is 7.35. The van der Waals surface area contributed by atoms with Crippen molar-refractivity contribution in [1.29, 1.82) is 0 Å². The Kier molecular flexibility index (Phi) is 4.30. The lowest BCUT2D eigenvalue weighted by atomic mass is 10.2. The van der Waals surface area contributed by atoms with Crippen molar-refractivity contribution in [2.75, 3.05) is 11.1 Å². The van der Waals surface area contributed by atoms with Crippen LogP contribution in [-0.2, 0) is 6.54 Å². The zero-order valence-electron chi connectivity index (χ0n) is 14.7. The molecule has 0 spiro atoms. The number of nitrogens with zero attached hydrogens (tertiary/aromatic N) is 4. The van der Waals surface area contributed by atoms with Crippen LogP contribution >= 0.6 is 11.3 Å². The predicted octanol–water partition coefficient (Wildman–Crippen LogP) is 4.01. The van der Waals surface area contributed by atoms with Gasteiger partial charge < -0.3 is 11.1 Å². The highest BCUT2D eigenvalue weighted by molar-refractivity contribution is 7.13. The van der Waals surface area contributed by atoms with Gasteiger partial charge in [0.25, 0.3) is 0 Å². The number of fused-ring (bicyclic) bond motifs is 1. The quantitative estimate of drug-likeness (QED) is 0.559. The third kappa shape index (κ3) is 3.13. The maximum absolute atomic E-state index is 6.45. The molecule has 0 fully saturated rings. The van der Waals surface area contributed by atoms with Crippen LogP contribution in [0.5, 0.6) is 0 Å². The Morgan fingerprint density at radius 3 is 2.62 bits per heavy atom. The van der Waals surface area contributed by atoms with E-state index in [-0.39, 0.29) is 6.04 Å². The summed E-state index contributed by atoms with van der Waals surface area (Å²) in [6, 6.07) is 14.4. The summed E-state index contributed by atoms with van der Waals surface area (Å²) in [5.74, 6) is 1.16. The third-order valence-electron chi connectivity index (χ3n) is 3.99. The van der Waals surface area contributed by atoms with E-state index < -0.39 is 0 Å². The van der Waals surface area contributed by atoms with Gasteiger partial charge in [0.05, 0.1) is 22.5 Å². The monoisotopic (exact) mass is 364 g/mol. The minimum Gasteiger partial charge on any atom is -0.383 e. The maximum atomic E-state index is 6.45. The molecular formula is C19H20N6S. The standard InChI is InChI=1S/C19H20N6S/c1-12(2)21-19-22-16(14-9-6-10-26-14)15-17(20)25(24-18(15)23-19)11-13-7-4-3-5-8-13/h3-10,12H,11,20H2,1-2H3,(H,21,23,24). The highest BCUT2D eigenvalue weighted by atomic mass is 32.1. The summed E-state index contributed by atoms with van der Waals surface area (Å²) in [7, 11) is 0. The Balaban J connectivity index is 1.87. The second-order valence-electron chi connectivity index (χ2n) is 6.40. The number of nitrogen functional groups attached to an aromatic ring is 1. The third-order valence-corrected chi connectivity index (χ3v) is 4.86. The van der Waals surface area contributed by atoms with Crippen LogP contribution in [0.3, 0.4) is 0 Å². The van der Waals surface area contributed by atoms with Crippen LogP contribution in [0.1, 0.15) is 19.4 Å². The number of benzene rings is 1. The molecule has 0 bridgehead atoms. The molecule has 3 N–H and O–H groups in total. The van der Waals surface area contributed by atoms with Crippen LogP contribution in [0, 0.1) is 0 Å². The first kappa shape index (κ1) is 16.5. The van der Waals surface area contributed by atoms with Gasteiger partial charge in [0, 0.05) is 6.04 Å². The number of hydrogen-bond donors (Lipinski definition) is 2. The van der Waals surface area contributed by atoms with E-state index in [1.807, 2.05) is 35.7 Å². The highest BCUT2D eigenvalue weighted by Crippen LogP contribution is 2.34. The normalized spacial score (nSPS) is 11.3. The number of nitrogens with one attached hydrogen (secondary N) is 1. The van der Waals surface area contributed by atoms with Gasteiger partial charge in [0.2, 0.25) is 5.95 Å². The molecule has 4 rings (SSSR count). The molecule has 26 heavy (non-hydrogen) atoms. The molecule has 6 nitrogen and oxygen atoms in total. The van der Waals surface area contributed by atoms with Crippen LogP contribution in [0.2, 0.25) is 0 Å². The zero-order chi connectivity index (χ0) is 18.1. The lowest BCUT2D eigenvalue weighted by molar-refractivity contribution is 0.703. The molecule has 0 saturated carbocycles. The van der Waals surface area contributed by atoms with Crippen molar-refractivity contribution in [3.63, 3.8) is 0 Å². The van der Waals surface area contributed by atoms with Gasteiger partial charge in [-0.1, -0.05) is 36.4 Å². The number of rotatable bonds is 5. The molecule has 0 radical (unpaired) electrons. The van der Waals surface area contributed by atoms with E-state index in [2.05, 4.69) is 41.4 Å². The summed E-state index contributed by atoms with van der Waals surface area (Å²) >= 11 is 1.63. The van der Waals surface area contributed by atoms with E-state index >= 15 is 0 Å². The first-order chi connectivity index (χ1) is 12.6. The Bertz CT molecular complexity index is 1020. The topological polar surface area (TPSA) is 81.6 Å². The molecular weight excluding hydrogens is 344 g/mol. The van der Waals surface area contributed by atoms with Crippen molar-refractivity contribution < 1.29 is 0 Å². The van der Waals surface area contributed by atoms with Crippen LogP contribution in [-0.4, -0.2) is 25.8 Å². The van der Waals surface area contributed by atoms with E-state index in [1.165, 1.54) is 0 Å². The molecule has 0 atom stereocenters. The molecule has 3 heterocycles. The first-order valence-corrected chi connectivity index (χ1v) is 9.38. The summed E-state index contributed by atoms with van der Waals surface area (Å²) in [6.07, 6.45) is 0. The van der Waals surface area contributed by atoms with Crippen LogP contribution in [0.15, 0.2) is 47.8 Å². The fourth-order valence-electron chi connectivity index (χ4n) is 2.85. The number of thiophene rings is 1. The second kappa shape index (κ2) is 6.76. The summed E-state index contributed by atoms with van der Waals surface area (Å²) in [4.78, 5) is 10.4. The van der Waals surface area contributed by atoms with Crippen LogP contribution in [0.4, 0.5) is 11.8 Å². The van der Waals surface area contributed by atoms with Gasteiger partial charge in [-0.25, -0.2) is 9.67 Å². The first-order valence-electron chi connectivity index (χ1n) is 8.50. The van der Waals surface area contributed by atoms with Gasteiger partial charge in [-0.2, -0.15) is 4.98 Å². The minimum atomic E-state index is 0.229. The average Bonchev–Trinajstić information content (AvgIpc) is 3.24. The van der Waals surface area contributed by atoms with Gasteiger partial charge in [0.15, 0.2) is 5.65 Å². The van der Waals surface area contributed by atoms with E-state index in [9.17, 15) is 0 Å². The molecule has 4 aromatic rings. The van der Waals surface area contributed by atoms with Crippen molar-refractivity contribution in [1.82, 2.24) is 19.7 Å². The largest absolute Gasteiger partial charge is 0.383 e. The van der Waals surface area contributed by atoms with E-state index in [0.717, 1.165) is 21.5 Å². The molecule has 0 aliphatic carbocycles. The average molecular weight is 364 g/mol. The summed E-state index contributed by atoms with van der Waals surface area (Å²) < 4.78 is 1.80. The van der Waals surface area contributed by atoms with Crippen molar-refractivity contribution in [2.45, 2.75) is 26.4 Å². The predicted molar refractivity (Wildman–Crippen MR) is 107 cm³/mol. The molecule has 0 aliphatic rings. The van der Waals surface area contributed by atoms with Crippen molar-refractivity contribution in [3.05, 3.63) is 53.4 Å². The number of aromatic nitrogens is 4. The molecule has 0 unspecified atom stereocenters. The Hall–Kier alpha value is -2.93. The van der Waals surface area contributed by atoms with Crippen LogP contribution in [0.25, 0.3) is 21.6 Å². The molecule has 0 aliphatic heterocycles. The number of anilines is 2. The maximum Gasteiger partial charge on any atom is 0.225 e. The summed E-state index contributed by atoms with van der Waals surface area (Å²) in [5.41, 5.74) is 9.02.